The number of hydrogen-bond donors (Lipinski definition) is 2. The molecular weight excluding hydrogens is 868 g/mol. The first-order chi connectivity index (χ1) is 24.0. The van der Waals surface area contributed by atoms with E-state index in [-0.39, 0.29) is 57.7 Å². The summed E-state index contributed by atoms with van der Waals surface area (Å²) in [5.41, 5.74) is -0.301. The van der Waals surface area contributed by atoms with Crippen LogP contribution in [0.2, 0.25) is 0 Å². The predicted molar refractivity (Wildman–Crippen MR) is 177 cm³/mol. The lowest BCUT2D eigenvalue weighted by Crippen LogP contribution is -2.23. The minimum atomic E-state index is -5.01. The average molecular weight is 892 g/mol. The number of alkyl halides is 4. The number of halogens is 6. The second-order valence-electron chi connectivity index (χ2n) is 9.12. The van der Waals surface area contributed by atoms with Gasteiger partial charge in [-0.05, 0) is 55.6 Å². The van der Waals surface area contributed by atoms with E-state index in [4.69, 9.17) is 18.9 Å². The summed E-state index contributed by atoms with van der Waals surface area (Å²) in [5.74, 6) is -8.33. The number of carbonyl (C=O) groups is 1. The lowest BCUT2D eigenvalue weighted by molar-refractivity contribution is 0.102. The number of hydrogen-bond acceptors (Lipinski definition) is 15. The summed E-state index contributed by atoms with van der Waals surface area (Å²) in [6.45, 7) is 0. The Hall–Kier alpha value is -4.49. The van der Waals surface area contributed by atoms with E-state index in [0.29, 0.717) is 10.0 Å². The first kappa shape index (κ1) is 40.9. The van der Waals surface area contributed by atoms with Crippen molar-refractivity contribution in [3.63, 3.8) is 0 Å². The molecule has 2 aromatic heterocycles. The average Bonchev–Trinajstić information content (AvgIpc) is 3.09. The molecule has 17 nitrogen and oxygen atoms in total. The fourth-order valence-corrected chi connectivity index (χ4v) is 6.02. The molecule has 0 aliphatic carbocycles. The molecule has 2 aromatic carbocycles. The summed E-state index contributed by atoms with van der Waals surface area (Å²) < 4.78 is 120. The van der Waals surface area contributed by atoms with Gasteiger partial charge in [-0.2, -0.15) is 37.5 Å². The number of anilines is 2. The van der Waals surface area contributed by atoms with Gasteiger partial charge in [-0.3, -0.25) is 14.2 Å². The van der Waals surface area contributed by atoms with E-state index >= 15 is 0 Å². The molecule has 0 saturated heterocycles. The first-order valence-electron chi connectivity index (χ1n) is 13.3. The number of methoxy groups -OCH3 is 4. The van der Waals surface area contributed by atoms with E-state index in [2.05, 4.69) is 61.8 Å². The molecule has 0 spiro atoms. The van der Waals surface area contributed by atoms with Gasteiger partial charge in [0.05, 0.1) is 45.4 Å². The Balaban J connectivity index is 0.000000276. The molecule has 0 aliphatic heterocycles. The van der Waals surface area contributed by atoms with E-state index in [1.807, 2.05) is 4.72 Å². The zero-order chi connectivity index (χ0) is 38.1. The molecule has 4 rings (SSSR count). The molecule has 25 heteroatoms. The summed E-state index contributed by atoms with van der Waals surface area (Å²) in [4.78, 5) is 35.9. The van der Waals surface area contributed by atoms with Crippen LogP contribution in [0.3, 0.4) is 0 Å². The fraction of sp³-hybridized carbons (Fsp3) is 0.269. The minimum Gasteiger partial charge on any atom is -0.467 e. The van der Waals surface area contributed by atoms with Gasteiger partial charge >= 0.3 is 35.6 Å². The van der Waals surface area contributed by atoms with Gasteiger partial charge in [0, 0.05) is 15.4 Å². The van der Waals surface area contributed by atoms with E-state index in [1.54, 1.807) is 16.9 Å². The number of ketones is 1. The second kappa shape index (κ2) is 17.6. The highest BCUT2D eigenvalue weighted by molar-refractivity contribution is 9.11. The third-order valence-electron chi connectivity index (χ3n) is 5.83. The van der Waals surface area contributed by atoms with Crippen molar-refractivity contribution in [3.8, 4) is 24.0 Å². The zero-order valence-corrected chi connectivity index (χ0v) is 31.1. The van der Waals surface area contributed by atoms with Gasteiger partial charge in [0.1, 0.15) is 5.82 Å². The maximum atomic E-state index is 12.7. The molecule has 276 valence electrons. The van der Waals surface area contributed by atoms with Crippen molar-refractivity contribution in [2.75, 3.05) is 37.9 Å². The second-order valence-corrected chi connectivity index (χ2v) is 14.1. The maximum absolute atomic E-state index is 12.7. The van der Waals surface area contributed by atoms with Crippen LogP contribution in [0.15, 0.2) is 45.3 Å². The van der Waals surface area contributed by atoms with Crippen LogP contribution in [-0.2, 0) is 26.5 Å². The Kier molecular flexibility index (Phi) is 14.2. The lowest BCUT2D eigenvalue weighted by atomic mass is 10.1. The van der Waals surface area contributed by atoms with Crippen molar-refractivity contribution >= 4 is 69.1 Å². The van der Waals surface area contributed by atoms with Crippen molar-refractivity contribution in [2.24, 2.45) is 0 Å². The Morgan fingerprint density at radius 3 is 1.53 bits per heavy atom. The smallest absolute Gasteiger partial charge is 0.355 e. The third-order valence-corrected chi connectivity index (χ3v) is 9.07. The van der Waals surface area contributed by atoms with Gasteiger partial charge in [-0.25, -0.2) is 16.8 Å². The van der Waals surface area contributed by atoms with Gasteiger partial charge in [0.15, 0.2) is 0 Å². The van der Waals surface area contributed by atoms with Crippen LogP contribution < -0.4 is 28.4 Å². The number of aromatic nitrogens is 6. The molecule has 0 aliphatic rings. The highest BCUT2D eigenvalue weighted by Gasteiger charge is 2.29. The number of benzene rings is 2. The monoisotopic (exact) mass is 890 g/mol. The number of para-hydroxylation sites is 2. The van der Waals surface area contributed by atoms with Crippen LogP contribution in [0.1, 0.15) is 27.6 Å². The number of nitrogens with one attached hydrogen (secondary N) is 2. The molecule has 0 saturated carbocycles. The molecular formula is C26H24Br2F4N8O9S2. The van der Waals surface area contributed by atoms with Gasteiger partial charge in [0.2, 0.25) is 11.6 Å². The Labute approximate surface area is 303 Å². The molecule has 2 N–H and O–H groups in total. The molecule has 4 aromatic rings. The van der Waals surface area contributed by atoms with Crippen molar-refractivity contribution in [3.05, 3.63) is 68.1 Å². The summed E-state index contributed by atoms with van der Waals surface area (Å²) in [7, 11) is -4.61. The number of nitrogens with zero attached hydrogens (tertiary/aromatic N) is 6. The number of rotatable bonds is 14. The highest BCUT2D eigenvalue weighted by atomic mass is 79.9. The molecule has 0 radical (unpaired) electrons. The van der Waals surface area contributed by atoms with Gasteiger partial charge in [-0.1, -0.05) is 18.2 Å². The van der Waals surface area contributed by atoms with Gasteiger partial charge < -0.3 is 18.9 Å². The Bertz CT molecular complexity index is 2060. The number of ether oxygens (including phenoxy) is 4. The maximum Gasteiger partial charge on any atom is 0.355 e. The molecule has 2 heterocycles. The van der Waals surface area contributed by atoms with E-state index in [1.165, 1.54) is 52.7 Å². The molecule has 51 heavy (non-hydrogen) atoms. The topological polar surface area (TPSA) is 224 Å². The van der Waals surface area contributed by atoms with E-state index in [9.17, 15) is 39.2 Å². The molecule has 0 amide bonds. The van der Waals surface area contributed by atoms with Gasteiger partial charge in [0.25, 0.3) is 20.0 Å². The van der Waals surface area contributed by atoms with Crippen molar-refractivity contribution in [2.45, 2.75) is 17.9 Å². The quantitative estimate of drug-likeness (QED) is 0.135. The SMILES string of the molecule is COc1nc(Cc2cccc(Br)c2NS(=O)(=O)C(F)F)nc(OC)n1.COc1nc(OC)nc(C(=O)c2cccc(Br)c2NS(=O)(=O)C(F)F)n1. The largest absolute Gasteiger partial charge is 0.467 e. The third kappa shape index (κ3) is 10.8. The summed E-state index contributed by atoms with van der Waals surface area (Å²) in [5, 5.41) is 0. The van der Waals surface area contributed by atoms with Crippen LogP contribution in [0.4, 0.5) is 28.9 Å². The van der Waals surface area contributed by atoms with E-state index in [0.717, 1.165) is 0 Å². The minimum absolute atomic E-state index is 0.00607. The molecule has 0 bridgehead atoms. The standard InChI is InChI=1S/C13H11BrF2N4O5S.C13H13BrF2N4O4S/c1-24-12-17-10(18-13(19-12)25-2)9(21)6-4-3-5-7(14)8(6)20-26(22,23)11(15)16;1-23-12-17-9(18-13(19-12)24-2)6-7-4-3-5-8(14)10(7)20-25(21,22)11(15)16/h3-5,11,20H,1-2H3;3-5,11,20H,6H2,1-2H3. The van der Waals surface area contributed by atoms with Gasteiger partial charge in [-0.15, -0.1) is 9.97 Å². The predicted octanol–water partition coefficient (Wildman–Crippen LogP) is 4.05. The first-order valence-corrected chi connectivity index (χ1v) is 18.0. The lowest BCUT2D eigenvalue weighted by Gasteiger charge is -2.14. The fourth-order valence-electron chi connectivity index (χ4n) is 3.57. The Morgan fingerprint density at radius 2 is 1.08 bits per heavy atom. The molecule has 0 atom stereocenters. The van der Waals surface area contributed by atoms with Crippen molar-refractivity contribution in [1.29, 1.82) is 0 Å². The molecule has 0 fully saturated rings. The summed E-state index contributed by atoms with van der Waals surface area (Å²) in [6.07, 6.45) is 0.0236. The molecule has 0 unspecified atom stereocenters. The number of carbonyl (C=O) groups excluding carboxylic acids is 1. The van der Waals surface area contributed by atoms with Crippen molar-refractivity contribution < 1.29 is 58.1 Å². The Morgan fingerprint density at radius 1 is 0.667 bits per heavy atom. The van der Waals surface area contributed by atoms with Crippen molar-refractivity contribution in [1.82, 2.24) is 29.9 Å². The zero-order valence-electron chi connectivity index (χ0n) is 26.3. The van der Waals surface area contributed by atoms with Crippen LogP contribution in [0.25, 0.3) is 0 Å². The van der Waals surface area contributed by atoms with E-state index < -0.39 is 43.2 Å². The highest BCUT2D eigenvalue weighted by Crippen LogP contribution is 2.31. The van der Waals surface area contributed by atoms with Crippen LogP contribution in [0.5, 0.6) is 24.0 Å². The van der Waals surface area contributed by atoms with Crippen LogP contribution in [0, 0.1) is 0 Å². The normalized spacial score (nSPS) is 11.4. The summed E-state index contributed by atoms with van der Waals surface area (Å²) >= 11 is 6.16. The van der Waals surface area contributed by atoms with Crippen LogP contribution in [-0.4, -0.2) is 92.5 Å². The summed E-state index contributed by atoms with van der Waals surface area (Å²) in [6, 6.07) is 8.27. The number of sulfonamides is 2. The van der Waals surface area contributed by atoms with Crippen LogP contribution >= 0.6 is 31.9 Å².